The molecule has 1 saturated heterocycles. The summed E-state index contributed by atoms with van der Waals surface area (Å²) in [5.74, 6) is 0.870. The van der Waals surface area contributed by atoms with Crippen LogP contribution < -0.4 is 5.32 Å². The van der Waals surface area contributed by atoms with E-state index in [1.165, 1.54) is 49.9 Å². The summed E-state index contributed by atoms with van der Waals surface area (Å²) in [6, 6.07) is 10.5. The van der Waals surface area contributed by atoms with Crippen LogP contribution in [0.5, 0.6) is 0 Å². The Bertz CT molecular complexity index is 422. The highest BCUT2D eigenvalue weighted by Crippen LogP contribution is 2.41. The molecule has 2 atom stereocenters. The maximum Gasteiger partial charge on any atom is 0.0349 e. The number of hydrogen-bond donors (Lipinski definition) is 1. The van der Waals surface area contributed by atoms with Gasteiger partial charge in [-0.05, 0) is 57.2 Å². The highest BCUT2D eigenvalue weighted by atomic mass is 15.2. The van der Waals surface area contributed by atoms with Gasteiger partial charge in [-0.25, -0.2) is 0 Å². The SMILES string of the molecule is CCN1CCCC1CNC(c1ccc(C)cc1)C1CC1. The third-order valence-corrected chi connectivity index (χ3v) is 5.01. The van der Waals surface area contributed by atoms with E-state index in [1.54, 1.807) is 0 Å². The van der Waals surface area contributed by atoms with Crippen LogP contribution >= 0.6 is 0 Å². The maximum atomic E-state index is 3.88. The van der Waals surface area contributed by atoms with Crippen LogP contribution in [-0.2, 0) is 0 Å². The van der Waals surface area contributed by atoms with Crippen molar-refractivity contribution < 1.29 is 0 Å². The molecule has 1 aliphatic carbocycles. The Morgan fingerprint density at radius 1 is 1.20 bits per heavy atom. The fourth-order valence-corrected chi connectivity index (χ4v) is 3.57. The van der Waals surface area contributed by atoms with Crippen molar-refractivity contribution in [2.45, 2.75) is 51.6 Å². The van der Waals surface area contributed by atoms with Crippen LogP contribution in [0.1, 0.15) is 49.8 Å². The molecule has 0 aromatic heterocycles. The molecule has 20 heavy (non-hydrogen) atoms. The van der Waals surface area contributed by atoms with E-state index in [4.69, 9.17) is 0 Å². The fourth-order valence-electron chi connectivity index (χ4n) is 3.57. The first-order chi connectivity index (χ1) is 9.78. The number of likely N-dealkylation sites (N-methyl/N-ethyl adjacent to an activating group) is 1. The minimum Gasteiger partial charge on any atom is -0.308 e. The Kier molecular flexibility index (Phi) is 4.42. The van der Waals surface area contributed by atoms with Crippen molar-refractivity contribution in [1.29, 1.82) is 0 Å². The smallest absolute Gasteiger partial charge is 0.0349 e. The Balaban J connectivity index is 1.61. The molecule has 1 N–H and O–H groups in total. The van der Waals surface area contributed by atoms with Crippen LogP contribution in [0.2, 0.25) is 0 Å². The molecule has 1 aliphatic heterocycles. The lowest BCUT2D eigenvalue weighted by atomic mass is 10.0. The van der Waals surface area contributed by atoms with Gasteiger partial charge >= 0.3 is 0 Å². The summed E-state index contributed by atoms with van der Waals surface area (Å²) >= 11 is 0. The Morgan fingerprint density at radius 2 is 1.95 bits per heavy atom. The van der Waals surface area contributed by atoms with E-state index in [-0.39, 0.29) is 0 Å². The van der Waals surface area contributed by atoms with Crippen LogP contribution in [0.15, 0.2) is 24.3 Å². The minimum atomic E-state index is 0.579. The van der Waals surface area contributed by atoms with Gasteiger partial charge in [-0.2, -0.15) is 0 Å². The van der Waals surface area contributed by atoms with Gasteiger partial charge in [0.1, 0.15) is 0 Å². The molecule has 0 spiro atoms. The second-order valence-electron chi connectivity index (χ2n) is 6.56. The van der Waals surface area contributed by atoms with Crippen molar-refractivity contribution in [1.82, 2.24) is 10.2 Å². The highest BCUT2D eigenvalue weighted by molar-refractivity contribution is 5.25. The molecule has 0 bridgehead atoms. The molecule has 110 valence electrons. The van der Waals surface area contributed by atoms with Gasteiger partial charge < -0.3 is 5.32 Å². The van der Waals surface area contributed by atoms with E-state index in [0.29, 0.717) is 6.04 Å². The molecule has 1 aromatic carbocycles. The summed E-state index contributed by atoms with van der Waals surface area (Å²) in [7, 11) is 0. The Labute approximate surface area is 123 Å². The Morgan fingerprint density at radius 3 is 2.60 bits per heavy atom. The molecular weight excluding hydrogens is 244 g/mol. The standard InChI is InChI=1S/C18H28N2/c1-3-20-12-4-5-17(20)13-19-18(16-10-11-16)15-8-6-14(2)7-9-15/h6-9,16-19H,3-5,10-13H2,1-2H3. The average Bonchev–Trinajstić information content (AvgIpc) is 3.19. The lowest BCUT2D eigenvalue weighted by molar-refractivity contribution is 0.251. The van der Waals surface area contributed by atoms with Crippen molar-refractivity contribution in [3.05, 3.63) is 35.4 Å². The first-order valence-corrected chi connectivity index (χ1v) is 8.32. The zero-order valence-corrected chi connectivity index (χ0v) is 12.9. The molecule has 0 amide bonds. The summed E-state index contributed by atoms with van der Waals surface area (Å²) in [6.45, 7) is 8.10. The number of likely N-dealkylation sites (tertiary alicyclic amines) is 1. The van der Waals surface area contributed by atoms with Crippen LogP contribution in [0.3, 0.4) is 0 Å². The summed E-state index contributed by atoms with van der Waals surface area (Å²) in [5, 5.41) is 3.88. The van der Waals surface area contributed by atoms with Gasteiger partial charge in [0, 0.05) is 18.6 Å². The van der Waals surface area contributed by atoms with Crippen molar-refractivity contribution >= 4 is 0 Å². The monoisotopic (exact) mass is 272 g/mol. The van der Waals surface area contributed by atoms with Crippen LogP contribution in [-0.4, -0.2) is 30.6 Å². The topological polar surface area (TPSA) is 15.3 Å². The first-order valence-electron chi connectivity index (χ1n) is 8.32. The fraction of sp³-hybridized carbons (Fsp3) is 0.667. The maximum absolute atomic E-state index is 3.88. The zero-order valence-electron chi connectivity index (χ0n) is 12.9. The molecule has 3 rings (SSSR count). The van der Waals surface area contributed by atoms with Crippen molar-refractivity contribution in [2.24, 2.45) is 5.92 Å². The number of rotatable bonds is 6. The van der Waals surface area contributed by atoms with Gasteiger partial charge in [-0.1, -0.05) is 36.8 Å². The average molecular weight is 272 g/mol. The second kappa shape index (κ2) is 6.28. The van der Waals surface area contributed by atoms with Gasteiger partial charge in [0.25, 0.3) is 0 Å². The molecule has 2 aliphatic rings. The molecule has 1 aromatic rings. The van der Waals surface area contributed by atoms with E-state index >= 15 is 0 Å². The minimum absolute atomic E-state index is 0.579. The third-order valence-electron chi connectivity index (χ3n) is 5.01. The van der Waals surface area contributed by atoms with E-state index in [9.17, 15) is 0 Å². The summed E-state index contributed by atoms with van der Waals surface area (Å²) < 4.78 is 0. The molecule has 0 radical (unpaired) electrons. The first kappa shape index (κ1) is 14.1. The van der Waals surface area contributed by atoms with E-state index < -0.39 is 0 Å². The Hall–Kier alpha value is -0.860. The number of benzene rings is 1. The normalized spacial score (nSPS) is 25.0. The van der Waals surface area contributed by atoms with Crippen LogP contribution in [0.4, 0.5) is 0 Å². The van der Waals surface area contributed by atoms with Crippen molar-refractivity contribution in [3.8, 4) is 0 Å². The van der Waals surface area contributed by atoms with Gasteiger partial charge in [0.15, 0.2) is 0 Å². The van der Waals surface area contributed by atoms with E-state index in [0.717, 1.165) is 18.5 Å². The summed E-state index contributed by atoms with van der Waals surface area (Å²) in [6.07, 6.45) is 5.53. The summed E-state index contributed by atoms with van der Waals surface area (Å²) in [4.78, 5) is 2.63. The number of hydrogen-bond acceptors (Lipinski definition) is 2. The van der Waals surface area contributed by atoms with Gasteiger partial charge in [0.05, 0.1) is 0 Å². The number of nitrogens with one attached hydrogen (secondary N) is 1. The number of aryl methyl sites for hydroxylation is 1. The molecule has 2 fully saturated rings. The largest absolute Gasteiger partial charge is 0.308 e. The van der Waals surface area contributed by atoms with Crippen LogP contribution in [0.25, 0.3) is 0 Å². The van der Waals surface area contributed by atoms with Crippen molar-refractivity contribution in [2.75, 3.05) is 19.6 Å². The molecular formula is C18H28N2. The second-order valence-corrected chi connectivity index (χ2v) is 6.56. The van der Waals surface area contributed by atoms with Gasteiger partial charge in [-0.15, -0.1) is 0 Å². The zero-order chi connectivity index (χ0) is 13.9. The molecule has 1 heterocycles. The lowest BCUT2D eigenvalue weighted by Crippen LogP contribution is -2.39. The predicted molar refractivity (Wildman–Crippen MR) is 84.9 cm³/mol. The van der Waals surface area contributed by atoms with Crippen molar-refractivity contribution in [3.63, 3.8) is 0 Å². The lowest BCUT2D eigenvalue weighted by Gasteiger charge is -2.26. The van der Waals surface area contributed by atoms with E-state index in [2.05, 4.69) is 48.3 Å². The highest BCUT2D eigenvalue weighted by Gasteiger charge is 2.33. The molecule has 1 saturated carbocycles. The van der Waals surface area contributed by atoms with Crippen LogP contribution in [0, 0.1) is 12.8 Å². The summed E-state index contributed by atoms with van der Waals surface area (Å²) in [5.41, 5.74) is 2.84. The van der Waals surface area contributed by atoms with Gasteiger partial charge in [0.2, 0.25) is 0 Å². The van der Waals surface area contributed by atoms with Gasteiger partial charge in [-0.3, -0.25) is 4.90 Å². The predicted octanol–water partition coefficient (Wildman–Crippen LogP) is 3.52. The third kappa shape index (κ3) is 3.24. The molecule has 2 nitrogen and oxygen atoms in total. The van der Waals surface area contributed by atoms with E-state index in [1.807, 2.05) is 0 Å². The quantitative estimate of drug-likeness (QED) is 0.852. The molecule has 2 heteroatoms. The number of nitrogens with zero attached hydrogens (tertiary/aromatic N) is 1. The molecule has 2 unspecified atom stereocenters.